The molecule has 0 amide bonds. The Balaban J connectivity index is 1.76. The molecule has 4 atom stereocenters. The minimum absolute atomic E-state index is 0.159. The van der Waals surface area contributed by atoms with Gasteiger partial charge in [0.1, 0.15) is 11.5 Å². The number of hydrogen-bond donors (Lipinski definition) is 0. The largest absolute Gasteiger partial charge is 0.497 e. The van der Waals surface area contributed by atoms with Crippen LogP contribution in [-0.4, -0.2) is 12.9 Å². The van der Waals surface area contributed by atoms with Crippen LogP contribution in [0.4, 0.5) is 0 Å². The van der Waals surface area contributed by atoms with Crippen LogP contribution in [0.1, 0.15) is 49.7 Å². The lowest BCUT2D eigenvalue weighted by Gasteiger charge is -2.53. The summed E-state index contributed by atoms with van der Waals surface area (Å²) in [6, 6.07) is 6.44. The second kappa shape index (κ2) is 4.97. The summed E-state index contributed by atoms with van der Waals surface area (Å²) in [5, 5.41) is 0. The lowest BCUT2D eigenvalue weighted by Crippen LogP contribution is -2.49. The summed E-state index contributed by atoms with van der Waals surface area (Å²) in [7, 11) is 1.72. The molecule has 4 rings (SSSR count). The zero-order valence-corrected chi connectivity index (χ0v) is 13.5. The maximum Gasteiger partial charge on any atom is 0.137 e. The Morgan fingerprint density at radius 3 is 2.95 bits per heavy atom. The average molecular weight is 296 g/mol. The van der Waals surface area contributed by atoms with E-state index in [0.29, 0.717) is 17.6 Å². The van der Waals surface area contributed by atoms with Crippen LogP contribution in [0.5, 0.6) is 5.75 Å². The van der Waals surface area contributed by atoms with Crippen LogP contribution in [0.3, 0.4) is 0 Å². The van der Waals surface area contributed by atoms with Gasteiger partial charge in [-0.05, 0) is 66.2 Å². The van der Waals surface area contributed by atoms with Crippen LogP contribution in [0, 0.1) is 17.3 Å². The molecular weight excluding hydrogens is 272 g/mol. The minimum Gasteiger partial charge on any atom is -0.497 e. The lowest BCUT2D eigenvalue weighted by molar-refractivity contribution is -0.135. The molecule has 0 saturated heterocycles. The van der Waals surface area contributed by atoms with Crippen LogP contribution in [0.15, 0.2) is 30.4 Å². The van der Waals surface area contributed by atoms with Gasteiger partial charge in [0, 0.05) is 12.3 Å². The second-order valence-corrected chi connectivity index (χ2v) is 7.46. The van der Waals surface area contributed by atoms with Crippen molar-refractivity contribution in [2.75, 3.05) is 7.11 Å². The van der Waals surface area contributed by atoms with Crippen molar-refractivity contribution in [2.45, 2.75) is 44.9 Å². The van der Waals surface area contributed by atoms with Gasteiger partial charge in [0.2, 0.25) is 0 Å². The molecule has 0 spiro atoms. The molecule has 2 heteroatoms. The molecule has 22 heavy (non-hydrogen) atoms. The van der Waals surface area contributed by atoms with Crippen molar-refractivity contribution < 1.29 is 9.53 Å². The highest BCUT2D eigenvalue weighted by Gasteiger charge is 2.53. The molecule has 116 valence electrons. The minimum atomic E-state index is 0.159. The number of fused-ring (bicyclic) bond motifs is 5. The van der Waals surface area contributed by atoms with Crippen molar-refractivity contribution in [1.82, 2.24) is 0 Å². The first kappa shape index (κ1) is 14.0. The molecule has 0 aliphatic heterocycles. The number of aryl methyl sites for hydroxylation is 1. The van der Waals surface area contributed by atoms with Crippen molar-refractivity contribution in [3.63, 3.8) is 0 Å². The molecule has 1 saturated carbocycles. The third kappa shape index (κ3) is 1.89. The van der Waals surface area contributed by atoms with E-state index in [1.165, 1.54) is 17.5 Å². The summed E-state index contributed by atoms with van der Waals surface area (Å²) in [6.07, 6.45) is 9.59. The van der Waals surface area contributed by atoms with E-state index < -0.39 is 0 Å². The molecule has 0 heterocycles. The van der Waals surface area contributed by atoms with Gasteiger partial charge in [-0.25, -0.2) is 0 Å². The quantitative estimate of drug-likeness (QED) is 0.723. The molecule has 0 aromatic heterocycles. The monoisotopic (exact) mass is 296 g/mol. The summed E-state index contributed by atoms with van der Waals surface area (Å²) in [5.74, 6) is 2.72. The van der Waals surface area contributed by atoms with Crippen molar-refractivity contribution >= 4 is 5.78 Å². The lowest BCUT2D eigenvalue weighted by atomic mass is 9.50. The normalized spacial score (nSPS) is 36.3. The maximum absolute atomic E-state index is 12.8. The van der Waals surface area contributed by atoms with Crippen molar-refractivity contribution in [2.24, 2.45) is 17.3 Å². The van der Waals surface area contributed by atoms with Gasteiger partial charge in [0.25, 0.3) is 0 Å². The molecule has 0 radical (unpaired) electrons. The third-order valence-corrected chi connectivity index (χ3v) is 6.51. The van der Waals surface area contributed by atoms with E-state index in [4.69, 9.17) is 4.74 Å². The molecule has 0 unspecified atom stereocenters. The zero-order chi connectivity index (χ0) is 15.3. The van der Waals surface area contributed by atoms with Gasteiger partial charge in [-0.3, -0.25) is 4.79 Å². The fourth-order valence-corrected chi connectivity index (χ4v) is 5.31. The van der Waals surface area contributed by atoms with Crippen molar-refractivity contribution in [1.29, 1.82) is 0 Å². The number of methoxy groups -OCH3 is 1. The van der Waals surface area contributed by atoms with Crippen LogP contribution >= 0.6 is 0 Å². The smallest absolute Gasteiger partial charge is 0.137 e. The number of hydrogen-bond acceptors (Lipinski definition) is 2. The highest BCUT2D eigenvalue weighted by molar-refractivity contribution is 5.84. The first-order valence-electron chi connectivity index (χ1n) is 8.48. The molecule has 3 aliphatic carbocycles. The number of allylic oxidation sites excluding steroid dienone is 2. The third-order valence-electron chi connectivity index (χ3n) is 6.51. The second-order valence-electron chi connectivity index (χ2n) is 7.46. The number of rotatable bonds is 1. The number of benzene rings is 1. The van der Waals surface area contributed by atoms with Gasteiger partial charge in [0.05, 0.1) is 7.11 Å². The number of Topliss-reactive ketones (excluding diaryl/α,β-unsaturated/α-hetero) is 1. The van der Waals surface area contributed by atoms with Crippen LogP contribution in [-0.2, 0) is 11.2 Å². The van der Waals surface area contributed by atoms with E-state index in [-0.39, 0.29) is 11.3 Å². The molecule has 3 aliphatic rings. The topological polar surface area (TPSA) is 26.3 Å². The van der Waals surface area contributed by atoms with Crippen LogP contribution in [0.2, 0.25) is 0 Å². The molecule has 0 bridgehead atoms. The standard InChI is InChI=1S/C20H24O2/c1-20-10-4-3-5-18(20)19(21)12-16-15-8-7-14(22-2)11-13(15)6-9-17(16)20/h3-4,7-8,11,16-18H,5-6,9-10,12H2,1-2H3/t16-,17-,18-,20+/m0/s1. The summed E-state index contributed by atoms with van der Waals surface area (Å²) in [5.41, 5.74) is 2.95. The Morgan fingerprint density at radius 1 is 1.27 bits per heavy atom. The number of carbonyl (C=O) groups is 1. The molecule has 1 fully saturated rings. The summed E-state index contributed by atoms with van der Waals surface area (Å²) in [6.45, 7) is 2.37. The first-order valence-corrected chi connectivity index (χ1v) is 8.48. The average Bonchev–Trinajstić information content (AvgIpc) is 2.54. The maximum atomic E-state index is 12.8. The van der Waals surface area contributed by atoms with E-state index in [0.717, 1.165) is 31.4 Å². The highest BCUT2D eigenvalue weighted by Crippen LogP contribution is 2.58. The van der Waals surface area contributed by atoms with Gasteiger partial charge >= 0.3 is 0 Å². The Bertz CT molecular complexity index is 645. The Labute approximate surface area is 132 Å². The fraction of sp³-hybridized carbons (Fsp3) is 0.550. The predicted molar refractivity (Wildman–Crippen MR) is 87.1 cm³/mol. The summed E-state index contributed by atoms with van der Waals surface area (Å²) >= 11 is 0. The van der Waals surface area contributed by atoms with E-state index in [2.05, 4.69) is 37.3 Å². The van der Waals surface area contributed by atoms with Gasteiger partial charge in [0.15, 0.2) is 0 Å². The number of carbonyl (C=O) groups excluding carboxylic acids is 1. The molecule has 1 aromatic carbocycles. The molecular formula is C20H24O2. The van der Waals surface area contributed by atoms with E-state index in [1.807, 2.05) is 0 Å². The van der Waals surface area contributed by atoms with Gasteiger partial charge in [-0.1, -0.05) is 25.1 Å². The number of ketones is 1. The Kier molecular flexibility index (Phi) is 3.18. The van der Waals surface area contributed by atoms with Crippen LogP contribution < -0.4 is 4.74 Å². The van der Waals surface area contributed by atoms with E-state index >= 15 is 0 Å². The molecule has 2 nitrogen and oxygen atoms in total. The van der Waals surface area contributed by atoms with E-state index in [9.17, 15) is 4.79 Å². The Morgan fingerprint density at radius 2 is 2.14 bits per heavy atom. The SMILES string of the molecule is COc1ccc2c(c1)CC[C@H]1[C@H]2CC(=O)[C@@H]2CC=CC[C@@]21C. The van der Waals surface area contributed by atoms with Crippen molar-refractivity contribution in [3.8, 4) is 5.75 Å². The van der Waals surface area contributed by atoms with Gasteiger partial charge < -0.3 is 4.74 Å². The van der Waals surface area contributed by atoms with Gasteiger partial charge in [-0.15, -0.1) is 0 Å². The predicted octanol–water partition coefficient (Wildman–Crippen LogP) is 4.29. The molecule has 1 aromatic rings. The zero-order valence-electron chi connectivity index (χ0n) is 13.5. The van der Waals surface area contributed by atoms with E-state index in [1.54, 1.807) is 7.11 Å². The summed E-state index contributed by atoms with van der Waals surface area (Å²) in [4.78, 5) is 12.8. The summed E-state index contributed by atoms with van der Waals surface area (Å²) < 4.78 is 5.37. The molecule has 0 N–H and O–H groups in total. The number of ether oxygens (including phenoxy) is 1. The highest BCUT2D eigenvalue weighted by atomic mass is 16.5. The fourth-order valence-electron chi connectivity index (χ4n) is 5.31. The Hall–Kier alpha value is -1.57. The first-order chi connectivity index (χ1) is 10.6. The van der Waals surface area contributed by atoms with Gasteiger partial charge in [-0.2, -0.15) is 0 Å². The van der Waals surface area contributed by atoms with Crippen LogP contribution in [0.25, 0.3) is 0 Å². The van der Waals surface area contributed by atoms with Crippen molar-refractivity contribution in [3.05, 3.63) is 41.5 Å².